The lowest BCUT2D eigenvalue weighted by Gasteiger charge is -2.34. The van der Waals surface area contributed by atoms with E-state index in [4.69, 9.17) is 9.57 Å². The number of carbonyl (C=O) groups excluding carboxylic acids is 1. The van der Waals surface area contributed by atoms with E-state index in [1.54, 1.807) is 33.8 Å². The summed E-state index contributed by atoms with van der Waals surface area (Å²) in [5.41, 5.74) is 3.59. The molecule has 31 heavy (non-hydrogen) atoms. The molecule has 0 unspecified atom stereocenters. The van der Waals surface area contributed by atoms with E-state index < -0.39 is 5.60 Å². The highest BCUT2D eigenvalue weighted by Gasteiger charge is 2.28. The average molecular weight is 428 g/mol. The predicted octanol–water partition coefficient (Wildman–Crippen LogP) is 3.21. The van der Waals surface area contributed by atoms with Crippen molar-refractivity contribution in [3.8, 4) is 17.4 Å². The molecule has 1 fully saturated rings. The maximum absolute atomic E-state index is 13.6. The first kappa shape index (κ1) is 21.0. The lowest BCUT2D eigenvalue weighted by molar-refractivity contribution is 0.0124. The molecule has 4 heterocycles. The minimum Gasteiger partial charge on any atom is -0.444 e. The molecular formula is C21H25FN6O3. The number of halogens is 1. The van der Waals surface area contributed by atoms with Gasteiger partial charge in [-0.15, -0.1) is 5.48 Å². The Balaban J connectivity index is 1.41. The summed E-state index contributed by atoms with van der Waals surface area (Å²) in [6, 6.07) is 4.49. The van der Waals surface area contributed by atoms with Crippen LogP contribution in [0.15, 0.2) is 36.8 Å². The number of pyridine rings is 1. The summed E-state index contributed by atoms with van der Waals surface area (Å²) < 4.78 is 20.7. The fraction of sp³-hybridized carbons (Fsp3) is 0.429. The number of rotatable bonds is 4. The van der Waals surface area contributed by atoms with Gasteiger partial charge in [0, 0.05) is 31.5 Å². The Bertz CT molecular complexity index is 1080. The first-order valence-electron chi connectivity index (χ1n) is 10.1. The Kier molecular flexibility index (Phi) is 5.73. The second-order valence-corrected chi connectivity index (χ2v) is 8.42. The Labute approximate surface area is 179 Å². The molecule has 3 aromatic rings. The summed E-state index contributed by atoms with van der Waals surface area (Å²) in [7, 11) is 0. The smallest absolute Gasteiger partial charge is 0.410 e. The number of nitrogens with zero attached hydrogens (tertiary/aromatic N) is 5. The first-order chi connectivity index (χ1) is 14.8. The van der Waals surface area contributed by atoms with Crippen LogP contribution < -0.4 is 10.3 Å². The Hall–Kier alpha value is -3.27. The van der Waals surface area contributed by atoms with E-state index in [9.17, 15) is 9.18 Å². The molecule has 3 aromatic heterocycles. The van der Waals surface area contributed by atoms with Crippen molar-refractivity contribution in [2.24, 2.45) is 0 Å². The molecule has 1 aliphatic rings. The molecule has 0 spiro atoms. The molecule has 0 saturated carbocycles. The first-order valence-corrected chi connectivity index (χ1v) is 10.1. The zero-order valence-corrected chi connectivity index (χ0v) is 17.7. The number of amides is 1. The summed E-state index contributed by atoms with van der Waals surface area (Å²) in [6.45, 7) is 6.66. The van der Waals surface area contributed by atoms with E-state index in [0.29, 0.717) is 36.1 Å². The second kappa shape index (κ2) is 8.46. The van der Waals surface area contributed by atoms with Crippen LogP contribution in [0.25, 0.3) is 17.2 Å². The standard InChI is InChI=1S/C21H25FN6O3/c1-21(2,3)30-20(29)27-10-4-5-15(13-27)26-31-18-8-9-23-19(25-18)16-11-24-17-7-6-14(22)12-28(16)17/h6-9,11-12,15,26H,4-5,10,13H2,1-3H3/t15-/m1/s1. The number of imidazole rings is 1. The second-order valence-electron chi connectivity index (χ2n) is 8.42. The Morgan fingerprint density at radius 1 is 1.26 bits per heavy atom. The van der Waals surface area contributed by atoms with Gasteiger partial charge in [0.1, 0.15) is 22.8 Å². The number of fused-ring (bicyclic) bond motifs is 1. The van der Waals surface area contributed by atoms with Gasteiger partial charge in [0.2, 0.25) is 5.88 Å². The highest BCUT2D eigenvalue weighted by molar-refractivity contribution is 5.68. The minimum absolute atomic E-state index is 0.0652. The van der Waals surface area contributed by atoms with Crippen LogP contribution in [-0.4, -0.2) is 55.1 Å². The van der Waals surface area contributed by atoms with Crippen LogP contribution in [0, 0.1) is 5.82 Å². The summed E-state index contributed by atoms with van der Waals surface area (Å²) in [6.07, 6.45) is 5.84. The van der Waals surface area contributed by atoms with Crippen molar-refractivity contribution in [1.82, 2.24) is 29.7 Å². The molecule has 1 N–H and O–H groups in total. The number of hydrogen-bond donors (Lipinski definition) is 1. The third-order valence-electron chi connectivity index (χ3n) is 4.73. The van der Waals surface area contributed by atoms with Gasteiger partial charge in [0.05, 0.1) is 12.2 Å². The SMILES string of the molecule is CC(C)(C)OC(=O)N1CCC[C@@H](NOc2ccnc(-c3cnc4ccc(F)cn34)n2)C1. The van der Waals surface area contributed by atoms with E-state index in [0.717, 1.165) is 12.8 Å². The van der Waals surface area contributed by atoms with Crippen LogP contribution in [0.2, 0.25) is 0 Å². The number of aromatic nitrogens is 4. The van der Waals surface area contributed by atoms with Gasteiger partial charge in [-0.25, -0.2) is 19.2 Å². The molecular weight excluding hydrogens is 403 g/mol. The molecule has 4 rings (SSSR count). The van der Waals surface area contributed by atoms with Gasteiger partial charge in [-0.3, -0.25) is 4.40 Å². The highest BCUT2D eigenvalue weighted by atomic mass is 19.1. The lowest BCUT2D eigenvalue weighted by atomic mass is 10.1. The van der Waals surface area contributed by atoms with Crippen molar-refractivity contribution in [2.75, 3.05) is 13.1 Å². The third kappa shape index (κ3) is 5.08. The van der Waals surface area contributed by atoms with E-state index in [1.165, 1.54) is 12.3 Å². The van der Waals surface area contributed by atoms with Crippen LogP contribution >= 0.6 is 0 Å². The van der Waals surface area contributed by atoms with Crippen molar-refractivity contribution >= 4 is 11.7 Å². The summed E-state index contributed by atoms with van der Waals surface area (Å²) in [5.74, 6) is 0.287. The van der Waals surface area contributed by atoms with Crippen molar-refractivity contribution in [1.29, 1.82) is 0 Å². The van der Waals surface area contributed by atoms with Crippen molar-refractivity contribution < 1.29 is 18.8 Å². The molecule has 0 bridgehead atoms. The van der Waals surface area contributed by atoms with Crippen LogP contribution in [0.1, 0.15) is 33.6 Å². The number of carbonyl (C=O) groups is 1. The molecule has 0 radical (unpaired) electrons. The molecule has 1 atom stereocenters. The molecule has 9 nitrogen and oxygen atoms in total. The van der Waals surface area contributed by atoms with Gasteiger partial charge in [-0.05, 0) is 45.7 Å². The quantitative estimate of drug-likeness (QED) is 0.638. The van der Waals surface area contributed by atoms with E-state index >= 15 is 0 Å². The maximum Gasteiger partial charge on any atom is 0.410 e. The molecule has 1 saturated heterocycles. The highest BCUT2D eigenvalue weighted by Crippen LogP contribution is 2.20. The van der Waals surface area contributed by atoms with Crippen LogP contribution in [0.5, 0.6) is 5.88 Å². The average Bonchev–Trinajstić information content (AvgIpc) is 3.14. The van der Waals surface area contributed by atoms with Gasteiger partial charge in [-0.2, -0.15) is 4.98 Å². The van der Waals surface area contributed by atoms with Gasteiger partial charge in [-0.1, -0.05) is 0 Å². The molecule has 1 aliphatic heterocycles. The Morgan fingerprint density at radius 3 is 2.90 bits per heavy atom. The zero-order chi connectivity index (χ0) is 22.0. The molecule has 0 aromatic carbocycles. The van der Waals surface area contributed by atoms with Crippen LogP contribution in [-0.2, 0) is 4.74 Å². The molecule has 164 valence electrons. The largest absolute Gasteiger partial charge is 0.444 e. The van der Waals surface area contributed by atoms with Crippen molar-refractivity contribution in [3.63, 3.8) is 0 Å². The number of likely N-dealkylation sites (tertiary alicyclic amines) is 1. The van der Waals surface area contributed by atoms with E-state index in [-0.39, 0.29) is 18.0 Å². The number of piperidine rings is 1. The topological polar surface area (TPSA) is 93.9 Å². The third-order valence-corrected chi connectivity index (χ3v) is 4.73. The predicted molar refractivity (Wildman–Crippen MR) is 111 cm³/mol. The summed E-state index contributed by atoms with van der Waals surface area (Å²) in [5, 5.41) is 0. The van der Waals surface area contributed by atoms with Crippen molar-refractivity contribution in [3.05, 3.63) is 42.6 Å². The number of hydrogen-bond acceptors (Lipinski definition) is 7. The van der Waals surface area contributed by atoms with Crippen LogP contribution in [0.3, 0.4) is 0 Å². The van der Waals surface area contributed by atoms with E-state index in [1.807, 2.05) is 20.8 Å². The van der Waals surface area contributed by atoms with Gasteiger partial charge < -0.3 is 14.5 Å². The van der Waals surface area contributed by atoms with Gasteiger partial charge in [0.15, 0.2) is 5.82 Å². The Morgan fingerprint density at radius 2 is 2.10 bits per heavy atom. The summed E-state index contributed by atoms with van der Waals surface area (Å²) >= 11 is 0. The fourth-order valence-electron chi connectivity index (χ4n) is 3.35. The molecule has 0 aliphatic carbocycles. The van der Waals surface area contributed by atoms with E-state index in [2.05, 4.69) is 20.4 Å². The van der Waals surface area contributed by atoms with Crippen molar-refractivity contribution in [2.45, 2.75) is 45.3 Å². The fourth-order valence-corrected chi connectivity index (χ4v) is 3.35. The minimum atomic E-state index is -0.536. The molecule has 1 amide bonds. The molecule has 10 heteroatoms. The van der Waals surface area contributed by atoms with Crippen LogP contribution in [0.4, 0.5) is 9.18 Å². The monoisotopic (exact) mass is 428 g/mol. The number of nitrogens with one attached hydrogen (secondary N) is 1. The normalized spacial score (nSPS) is 17.0. The summed E-state index contributed by atoms with van der Waals surface area (Å²) in [4.78, 5) is 32.6. The number of hydroxylamine groups is 1. The zero-order valence-electron chi connectivity index (χ0n) is 17.7. The maximum atomic E-state index is 13.6. The van der Waals surface area contributed by atoms with Gasteiger partial charge >= 0.3 is 6.09 Å². The lowest BCUT2D eigenvalue weighted by Crippen LogP contribution is -2.50. The number of ether oxygens (including phenoxy) is 1. The van der Waals surface area contributed by atoms with Gasteiger partial charge in [0.25, 0.3) is 0 Å².